The Labute approximate surface area is 172 Å². The second-order valence-electron chi connectivity index (χ2n) is 6.15. The Balaban J connectivity index is 1.85. The van der Waals surface area contributed by atoms with Gasteiger partial charge in [-0.15, -0.1) is 17.4 Å². The van der Waals surface area contributed by atoms with Gasteiger partial charge >= 0.3 is 6.09 Å². The Morgan fingerprint density at radius 2 is 2.10 bits per heavy atom. The molecule has 0 saturated heterocycles. The number of tetrazole rings is 1. The molecule has 2 aromatic heterocycles. The standard InChI is InChI=1S/C20H19N7O3/c1-3-4-10-16-12-11-15(18(21-16)22-20(28)29)13-30-24-17(14-8-6-5-7-9-14)19-23-25-26-27(19)2/h1,5-9,11-12H,4,10,13H2,2H3,(H,21,22)(H,28,29). The summed E-state index contributed by atoms with van der Waals surface area (Å²) in [6.07, 6.45) is 5.10. The van der Waals surface area contributed by atoms with Crippen molar-refractivity contribution >= 4 is 17.6 Å². The van der Waals surface area contributed by atoms with Crippen LogP contribution in [0.3, 0.4) is 0 Å². The zero-order valence-electron chi connectivity index (χ0n) is 16.2. The summed E-state index contributed by atoms with van der Waals surface area (Å²) < 4.78 is 1.48. The van der Waals surface area contributed by atoms with Crippen LogP contribution in [0.1, 0.15) is 29.1 Å². The van der Waals surface area contributed by atoms with Gasteiger partial charge in [0.25, 0.3) is 0 Å². The molecule has 0 aliphatic rings. The van der Waals surface area contributed by atoms with E-state index in [0.29, 0.717) is 35.6 Å². The molecule has 3 aromatic rings. The van der Waals surface area contributed by atoms with Crippen LogP contribution in [-0.2, 0) is 24.9 Å². The number of benzene rings is 1. The molecular weight excluding hydrogens is 386 g/mol. The molecule has 1 aromatic carbocycles. The van der Waals surface area contributed by atoms with E-state index < -0.39 is 6.09 Å². The van der Waals surface area contributed by atoms with Gasteiger partial charge in [-0.3, -0.25) is 5.32 Å². The van der Waals surface area contributed by atoms with Gasteiger partial charge in [0.15, 0.2) is 5.71 Å². The minimum Gasteiger partial charge on any atom is -0.465 e. The van der Waals surface area contributed by atoms with Gasteiger partial charge in [-0.25, -0.2) is 14.5 Å². The maximum absolute atomic E-state index is 11.1. The highest BCUT2D eigenvalue weighted by molar-refractivity contribution is 6.10. The highest BCUT2D eigenvalue weighted by Crippen LogP contribution is 2.17. The largest absolute Gasteiger partial charge is 0.465 e. The molecule has 0 bridgehead atoms. The average molecular weight is 405 g/mol. The number of terminal acetylenes is 1. The molecule has 152 valence electrons. The third kappa shape index (κ3) is 5.17. The van der Waals surface area contributed by atoms with E-state index in [0.717, 1.165) is 5.56 Å². The molecule has 0 saturated carbocycles. The van der Waals surface area contributed by atoms with Crippen LogP contribution >= 0.6 is 0 Å². The number of oxime groups is 1. The molecule has 10 heteroatoms. The predicted molar refractivity (Wildman–Crippen MR) is 109 cm³/mol. The van der Waals surface area contributed by atoms with Crippen LogP contribution in [-0.4, -0.2) is 42.1 Å². The van der Waals surface area contributed by atoms with Crippen molar-refractivity contribution in [2.24, 2.45) is 12.2 Å². The van der Waals surface area contributed by atoms with E-state index in [4.69, 9.17) is 16.4 Å². The maximum atomic E-state index is 11.1. The fraction of sp³-hybridized carbons (Fsp3) is 0.200. The number of rotatable bonds is 8. The highest BCUT2D eigenvalue weighted by atomic mass is 16.6. The number of anilines is 1. The van der Waals surface area contributed by atoms with E-state index in [1.165, 1.54) is 4.68 Å². The van der Waals surface area contributed by atoms with E-state index in [1.807, 2.05) is 30.3 Å². The summed E-state index contributed by atoms with van der Waals surface area (Å²) in [7, 11) is 1.70. The summed E-state index contributed by atoms with van der Waals surface area (Å²) in [5.74, 6) is 3.13. The number of nitrogens with one attached hydrogen (secondary N) is 1. The first kappa shape index (κ1) is 20.5. The van der Waals surface area contributed by atoms with Gasteiger partial charge in [0.2, 0.25) is 5.82 Å². The number of hydrogen-bond acceptors (Lipinski definition) is 7. The third-order valence-electron chi connectivity index (χ3n) is 4.04. The maximum Gasteiger partial charge on any atom is 0.410 e. The van der Waals surface area contributed by atoms with Crippen molar-refractivity contribution in [3.05, 3.63) is 65.1 Å². The van der Waals surface area contributed by atoms with Crippen molar-refractivity contribution in [1.29, 1.82) is 0 Å². The lowest BCUT2D eigenvalue weighted by Gasteiger charge is -2.10. The summed E-state index contributed by atoms with van der Waals surface area (Å²) in [5, 5.41) is 27.1. The number of pyridine rings is 1. The van der Waals surface area contributed by atoms with Crippen LogP contribution in [0.4, 0.5) is 10.6 Å². The Morgan fingerprint density at radius 3 is 2.77 bits per heavy atom. The molecule has 2 N–H and O–H groups in total. The van der Waals surface area contributed by atoms with Crippen molar-refractivity contribution in [2.45, 2.75) is 19.4 Å². The SMILES string of the molecule is C#CCCc1ccc(CON=C(c2ccccc2)c2nnnn2C)c(NC(=O)O)n1. The van der Waals surface area contributed by atoms with Crippen LogP contribution in [0.25, 0.3) is 0 Å². The summed E-state index contributed by atoms with van der Waals surface area (Å²) in [6, 6.07) is 12.8. The van der Waals surface area contributed by atoms with E-state index in [1.54, 1.807) is 19.2 Å². The smallest absolute Gasteiger partial charge is 0.410 e. The molecule has 10 nitrogen and oxygen atoms in total. The molecule has 30 heavy (non-hydrogen) atoms. The van der Waals surface area contributed by atoms with E-state index in [-0.39, 0.29) is 12.4 Å². The summed E-state index contributed by atoms with van der Waals surface area (Å²) >= 11 is 0. The van der Waals surface area contributed by atoms with Gasteiger partial charge in [0.1, 0.15) is 12.4 Å². The molecule has 0 spiro atoms. The third-order valence-corrected chi connectivity index (χ3v) is 4.04. The van der Waals surface area contributed by atoms with E-state index >= 15 is 0 Å². The zero-order chi connectivity index (χ0) is 21.3. The monoisotopic (exact) mass is 405 g/mol. The molecule has 1 amide bonds. The van der Waals surface area contributed by atoms with Crippen molar-refractivity contribution < 1.29 is 14.7 Å². The summed E-state index contributed by atoms with van der Waals surface area (Å²) in [5.41, 5.74) is 2.41. The molecular formula is C20H19N7O3. The molecule has 0 unspecified atom stereocenters. The number of aryl methyl sites for hydroxylation is 2. The number of amides is 1. The lowest BCUT2D eigenvalue weighted by molar-refractivity contribution is 0.131. The van der Waals surface area contributed by atoms with Crippen LogP contribution in [0, 0.1) is 12.3 Å². The van der Waals surface area contributed by atoms with Gasteiger partial charge in [-0.05, 0) is 22.6 Å². The van der Waals surface area contributed by atoms with Crippen LogP contribution < -0.4 is 5.32 Å². The molecule has 0 atom stereocenters. The van der Waals surface area contributed by atoms with Crippen LogP contribution in [0.5, 0.6) is 0 Å². The number of carboxylic acid groups (broad SMARTS) is 1. The lowest BCUT2D eigenvalue weighted by Crippen LogP contribution is -2.13. The summed E-state index contributed by atoms with van der Waals surface area (Å²) in [6.45, 7) is -0.0142. The molecule has 2 heterocycles. The minimum atomic E-state index is -1.23. The quantitative estimate of drug-likeness (QED) is 0.334. The Morgan fingerprint density at radius 1 is 1.30 bits per heavy atom. The molecule has 0 aliphatic carbocycles. The Hall–Kier alpha value is -4.26. The molecule has 0 aliphatic heterocycles. The van der Waals surface area contributed by atoms with Crippen molar-refractivity contribution in [2.75, 3.05) is 5.32 Å². The van der Waals surface area contributed by atoms with E-state index in [9.17, 15) is 4.79 Å². The first-order valence-corrected chi connectivity index (χ1v) is 8.98. The van der Waals surface area contributed by atoms with Crippen molar-refractivity contribution in [3.63, 3.8) is 0 Å². The Kier molecular flexibility index (Phi) is 6.68. The molecule has 0 fully saturated rings. The van der Waals surface area contributed by atoms with Crippen molar-refractivity contribution in [3.8, 4) is 12.3 Å². The fourth-order valence-electron chi connectivity index (χ4n) is 2.61. The minimum absolute atomic E-state index is 0.0142. The topological polar surface area (TPSA) is 127 Å². The van der Waals surface area contributed by atoms with E-state index in [2.05, 4.69) is 36.9 Å². The normalized spacial score (nSPS) is 11.0. The second-order valence-corrected chi connectivity index (χ2v) is 6.15. The highest BCUT2D eigenvalue weighted by Gasteiger charge is 2.15. The van der Waals surface area contributed by atoms with Crippen molar-refractivity contribution in [1.82, 2.24) is 25.2 Å². The van der Waals surface area contributed by atoms with Crippen LogP contribution in [0.15, 0.2) is 47.6 Å². The number of carbonyl (C=O) groups is 1. The Bertz CT molecular complexity index is 1090. The van der Waals surface area contributed by atoms with Gasteiger partial charge in [0.05, 0.1) is 0 Å². The number of nitrogens with zero attached hydrogens (tertiary/aromatic N) is 6. The fourth-order valence-corrected chi connectivity index (χ4v) is 2.61. The van der Waals surface area contributed by atoms with Crippen LogP contribution in [0.2, 0.25) is 0 Å². The second kappa shape index (κ2) is 9.79. The predicted octanol–water partition coefficient (Wildman–Crippen LogP) is 2.23. The number of hydrogen-bond donors (Lipinski definition) is 2. The summed E-state index contributed by atoms with van der Waals surface area (Å²) in [4.78, 5) is 21.0. The molecule has 3 rings (SSSR count). The van der Waals surface area contributed by atoms with Gasteiger partial charge in [-0.2, -0.15) is 0 Å². The first-order valence-electron chi connectivity index (χ1n) is 8.98. The zero-order valence-corrected chi connectivity index (χ0v) is 16.2. The van der Waals surface area contributed by atoms with Gasteiger partial charge < -0.3 is 9.94 Å². The van der Waals surface area contributed by atoms with Gasteiger partial charge in [-0.1, -0.05) is 35.5 Å². The molecule has 0 radical (unpaired) electrons. The lowest BCUT2D eigenvalue weighted by atomic mass is 10.1. The average Bonchev–Trinajstić information content (AvgIpc) is 3.16. The number of aromatic nitrogens is 5. The first-order chi connectivity index (χ1) is 14.6. The van der Waals surface area contributed by atoms with Gasteiger partial charge in [0, 0.05) is 36.7 Å².